The fraction of sp³-hybridized carbons (Fsp3) is 0.238. The van der Waals surface area contributed by atoms with Crippen LogP contribution in [0.25, 0.3) is 5.69 Å². The average Bonchev–Trinajstić information content (AvgIpc) is 2.71. The van der Waals surface area contributed by atoms with E-state index in [0.717, 1.165) is 14.8 Å². The van der Waals surface area contributed by atoms with Crippen molar-refractivity contribution < 1.29 is 9.18 Å². The molecule has 3 rings (SSSR count). The van der Waals surface area contributed by atoms with Gasteiger partial charge in [-0.1, -0.05) is 36.8 Å². The molecule has 150 valence electrons. The molecule has 0 radical (unpaired) electrons. The predicted molar refractivity (Wildman–Crippen MR) is 107 cm³/mol. The molecule has 0 saturated heterocycles. The smallest absolute Gasteiger partial charge is 0.346 e. The van der Waals surface area contributed by atoms with Crippen molar-refractivity contribution >= 4 is 5.91 Å². The normalized spacial score (nSPS) is 10.7. The van der Waals surface area contributed by atoms with Crippen molar-refractivity contribution in [1.29, 1.82) is 0 Å². The first-order valence-corrected chi connectivity index (χ1v) is 9.24. The number of halogens is 1. The molecule has 0 aliphatic carbocycles. The van der Waals surface area contributed by atoms with Gasteiger partial charge in [0.2, 0.25) is 5.69 Å². The molecule has 8 heteroatoms. The maximum Gasteiger partial charge on any atom is 0.352 e. The minimum Gasteiger partial charge on any atom is -0.346 e. The monoisotopic (exact) mass is 396 g/mol. The van der Waals surface area contributed by atoms with Gasteiger partial charge in [-0.25, -0.2) is 9.18 Å². The first-order valence-electron chi connectivity index (χ1n) is 9.24. The molecule has 1 amide bonds. The highest BCUT2D eigenvalue weighted by Gasteiger charge is 2.19. The number of nitrogens with one attached hydrogen (secondary N) is 1. The zero-order valence-electron chi connectivity index (χ0n) is 16.2. The van der Waals surface area contributed by atoms with Gasteiger partial charge in [-0.2, -0.15) is 9.78 Å². The first kappa shape index (κ1) is 20.2. The Labute approximate surface area is 166 Å². The highest BCUT2D eigenvalue weighted by Crippen LogP contribution is 2.06. The lowest BCUT2D eigenvalue weighted by Gasteiger charge is -2.12. The topological polar surface area (TPSA) is 86.0 Å². The summed E-state index contributed by atoms with van der Waals surface area (Å²) in [7, 11) is 0. The second kappa shape index (κ2) is 8.64. The molecule has 7 nitrogen and oxygen atoms in total. The van der Waals surface area contributed by atoms with Crippen molar-refractivity contribution in [1.82, 2.24) is 19.7 Å². The van der Waals surface area contributed by atoms with Crippen LogP contribution in [-0.4, -0.2) is 20.3 Å². The summed E-state index contributed by atoms with van der Waals surface area (Å²) in [6.45, 7) is 4.01. The van der Waals surface area contributed by atoms with E-state index < -0.39 is 17.2 Å². The summed E-state index contributed by atoms with van der Waals surface area (Å²) < 4.78 is 15.1. The summed E-state index contributed by atoms with van der Waals surface area (Å²) in [5.74, 6) is -1.08. The Morgan fingerprint density at radius 2 is 1.72 bits per heavy atom. The van der Waals surface area contributed by atoms with E-state index >= 15 is 0 Å². The molecule has 0 fully saturated rings. The minimum atomic E-state index is -0.739. The number of aromatic nitrogens is 3. The van der Waals surface area contributed by atoms with E-state index in [1.807, 2.05) is 26.0 Å². The van der Waals surface area contributed by atoms with E-state index in [1.165, 1.54) is 24.3 Å². The van der Waals surface area contributed by atoms with E-state index in [9.17, 15) is 18.8 Å². The second-order valence-corrected chi connectivity index (χ2v) is 6.64. The highest BCUT2D eigenvalue weighted by atomic mass is 19.1. The largest absolute Gasteiger partial charge is 0.352 e. The zero-order valence-corrected chi connectivity index (χ0v) is 16.2. The fourth-order valence-corrected chi connectivity index (χ4v) is 2.80. The van der Waals surface area contributed by atoms with Crippen LogP contribution in [0.15, 0.2) is 58.1 Å². The van der Waals surface area contributed by atoms with E-state index in [-0.39, 0.29) is 24.6 Å². The Morgan fingerprint density at radius 1 is 1.07 bits per heavy atom. The molecule has 0 spiro atoms. The van der Waals surface area contributed by atoms with E-state index in [2.05, 4.69) is 10.4 Å². The third-order valence-corrected chi connectivity index (χ3v) is 4.37. The van der Waals surface area contributed by atoms with Gasteiger partial charge < -0.3 is 5.32 Å². The molecule has 2 aromatic carbocycles. The van der Waals surface area contributed by atoms with Crippen LogP contribution in [0.2, 0.25) is 0 Å². The van der Waals surface area contributed by atoms with Gasteiger partial charge in [-0.3, -0.25) is 14.2 Å². The molecule has 0 unspecified atom stereocenters. The molecular weight excluding hydrogens is 375 g/mol. The zero-order chi connectivity index (χ0) is 21.0. The van der Waals surface area contributed by atoms with Crippen LogP contribution in [-0.2, 0) is 13.1 Å². The first-order chi connectivity index (χ1) is 13.9. The molecule has 1 heterocycles. The number of amides is 1. The SMILES string of the molecule is CCCn1c(=O)c(C(=O)NCc2ccc(F)cc2)nn(-c2ccc(C)cc2)c1=O. The van der Waals surface area contributed by atoms with E-state index in [4.69, 9.17) is 0 Å². The van der Waals surface area contributed by atoms with Crippen LogP contribution in [0.4, 0.5) is 4.39 Å². The molecule has 0 aliphatic rings. The molecule has 0 aliphatic heterocycles. The summed E-state index contributed by atoms with van der Waals surface area (Å²) in [4.78, 5) is 38.1. The van der Waals surface area contributed by atoms with Gasteiger partial charge in [0.05, 0.1) is 5.69 Å². The molecule has 3 aromatic rings. The average molecular weight is 396 g/mol. The van der Waals surface area contributed by atoms with Crippen LogP contribution in [0.1, 0.15) is 35.0 Å². The quantitative estimate of drug-likeness (QED) is 0.692. The number of hydrogen-bond donors (Lipinski definition) is 1. The molecule has 1 N–H and O–H groups in total. The van der Waals surface area contributed by atoms with Gasteiger partial charge in [-0.05, 0) is 43.2 Å². The summed E-state index contributed by atoms with van der Waals surface area (Å²) in [5, 5.41) is 6.64. The number of rotatable bonds is 6. The number of aryl methyl sites for hydroxylation is 1. The summed E-state index contributed by atoms with van der Waals surface area (Å²) in [6.07, 6.45) is 0.545. The van der Waals surface area contributed by atoms with Crippen LogP contribution in [0, 0.1) is 12.7 Å². The Hall–Kier alpha value is -3.55. The lowest BCUT2D eigenvalue weighted by molar-refractivity contribution is 0.0941. The van der Waals surface area contributed by atoms with E-state index in [0.29, 0.717) is 17.7 Å². The third kappa shape index (κ3) is 4.48. The molecule has 1 aromatic heterocycles. The van der Waals surface area contributed by atoms with Crippen LogP contribution in [0.3, 0.4) is 0 Å². The number of carbonyl (C=O) groups excluding carboxylic acids is 1. The second-order valence-electron chi connectivity index (χ2n) is 6.64. The number of nitrogens with zero attached hydrogens (tertiary/aromatic N) is 3. The van der Waals surface area contributed by atoms with Gasteiger partial charge >= 0.3 is 5.69 Å². The predicted octanol–water partition coefficient (Wildman–Crippen LogP) is 2.18. The van der Waals surface area contributed by atoms with Gasteiger partial charge in [0, 0.05) is 13.1 Å². The Morgan fingerprint density at radius 3 is 2.34 bits per heavy atom. The van der Waals surface area contributed by atoms with Crippen molar-refractivity contribution in [3.63, 3.8) is 0 Å². The third-order valence-electron chi connectivity index (χ3n) is 4.37. The number of benzene rings is 2. The molecule has 29 heavy (non-hydrogen) atoms. The maximum absolute atomic E-state index is 13.0. The van der Waals surface area contributed by atoms with E-state index in [1.54, 1.807) is 12.1 Å². The van der Waals surface area contributed by atoms with Crippen LogP contribution >= 0.6 is 0 Å². The van der Waals surface area contributed by atoms with Gasteiger partial charge in [0.15, 0.2) is 0 Å². The van der Waals surface area contributed by atoms with Crippen LogP contribution < -0.4 is 16.6 Å². The van der Waals surface area contributed by atoms with Gasteiger partial charge in [-0.15, -0.1) is 0 Å². The van der Waals surface area contributed by atoms with Crippen molar-refractivity contribution in [2.75, 3.05) is 0 Å². The van der Waals surface area contributed by atoms with Crippen molar-refractivity contribution in [2.45, 2.75) is 33.4 Å². The van der Waals surface area contributed by atoms with Crippen molar-refractivity contribution in [3.05, 3.63) is 92.0 Å². The van der Waals surface area contributed by atoms with Gasteiger partial charge in [0.1, 0.15) is 5.82 Å². The summed E-state index contributed by atoms with van der Waals surface area (Å²) in [5.41, 5.74) is 0.410. The standard InChI is InChI=1S/C21H21FN4O3/c1-3-12-25-20(28)18(19(27)23-13-15-6-8-16(22)9-7-15)24-26(21(25)29)17-10-4-14(2)5-11-17/h4-11H,3,12-13H2,1-2H3,(H,23,27). The van der Waals surface area contributed by atoms with Crippen molar-refractivity contribution in [3.8, 4) is 5.69 Å². The Bertz CT molecular complexity index is 1130. The molecule has 0 saturated carbocycles. The summed E-state index contributed by atoms with van der Waals surface area (Å²) >= 11 is 0. The van der Waals surface area contributed by atoms with Crippen LogP contribution in [0.5, 0.6) is 0 Å². The minimum absolute atomic E-state index is 0.0949. The Kier molecular flexibility index (Phi) is 6.01. The van der Waals surface area contributed by atoms with Gasteiger partial charge in [0.25, 0.3) is 11.5 Å². The lowest BCUT2D eigenvalue weighted by Crippen LogP contribution is -2.45. The molecular formula is C21H21FN4O3. The Balaban J connectivity index is 1.99. The maximum atomic E-state index is 13.0. The van der Waals surface area contributed by atoms with Crippen molar-refractivity contribution in [2.24, 2.45) is 0 Å². The fourth-order valence-electron chi connectivity index (χ4n) is 2.80. The number of carbonyl (C=O) groups is 1. The number of hydrogen-bond acceptors (Lipinski definition) is 4. The highest BCUT2D eigenvalue weighted by molar-refractivity contribution is 5.91. The summed E-state index contributed by atoms with van der Waals surface area (Å²) in [6, 6.07) is 12.7. The molecule has 0 bridgehead atoms. The molecule has 0 atom stereocenters. The lowest BCUT2D eigenvalue weighted by atomic mass is 10.2.